The summed E-state index contributed by atoms with van der Waals surface area (Å²) in [7, 11) is 0. The average molecular weight is 264 g/mol. The first kappa shape index (κ1) is 13.7. The van der Waals surface area contributed by atoms with Gasteiger partial charge >= 0.3 is 0 Å². The van der Waals surface area contributed by atoms with Gasteiger partial charge in [0.1, 0.15) is 12.1 Å². The summed E-state index contributed by atoms with van der Waals surface area (Å²) in [4.78, 5) is 24.6. The third kappa shape index (κ3) is 4.13. The van der Waals surface area contributed by atoms with Gasteiger partial charge in [-0.25, -0.2) is 4.39 Å². The molecule has 0 saturated carbocycles. The van der Waals surface area contributed by atoms with Gasteiger partial charge in [-0.1, -0.05) is 0 Å². The van der Waals surface area contributed by atoms with Crippen LogP contribution in [0.2, 0.25) is 0 Å². The highest BCUT2D eigenvalue weighted by Gasteiger charge is 2.20. The van der Waals surface area contributed by atoms with Crippen LogP contribution >= 0.6 is 0 Å². The number of piperidine rings is 1. The van der Waals surface area contributed by atoms with E-state index in [0.29, 0.717) is 12.2 Å². The van der Waals surface area contributed by atoms with Crippen LogP contribution in [0, 0.1) is 11.7 Å². The lowest BCUT2D eigenvalue weighted by Gasteiger charge is -2.29. The molecule has 1 aliphatic heterocycles. The van der Waals surface area contributed by atoms with Crippen LogP contribution in [-0.4, -0.2) is 36.7 Å². The zero-order valence-corrected chi connectivity index (χ0v) is 10.6. The predicted molar refractivity (Wildman–Crippen MR) is 70.3 cm³/mol. The number of aldehydes is 1. The van der Waals surface area contributed by atoms with E-state index in [4.69, 9.17) is 0 Å². The van der Waals surface area contributed by atoms with Crippen LogP contribution in [0.25, 0.3) is 0 Å². The third-order valence-electron chi connectivity index (χ3n) is 3.23. The molecule has 1 amide bonds. The van der Waals surface area contributed by atoms with E-state index >= 15 is 0 Å². The highest BCUT2D eigenvalue weighted by Crippen LogP contribution is 2.14. The van der Waals surface area contributed by atoms with Crippen molar-refractivity contribution in [3.63, 3.8) is 0 Å². The molecular weight excluding hydrogens is 247 g/mol. The SMILES string of the molecule is O=CC1CCCN(CC(=O)Nc2ccc(F)cc2)C1. The van der Waals surface area contributed by atoms with Crippen molar-refractivity contribution >= 4 is 17.9 Å². The molecule has 1 saturated heterocycles. The van der Waals surface area contributed by atoms with Crippen molar-refractivity contribution in [2.45, 2.75) is 12.8 Å². The zero-order valence-electron chi connectivity index (χ0n) is 10.6. The lowest BCUT2D eigenvalue weighted by molar-refractivity contribution is -0.119. The third-order valence-corrected chi connectivity index (χ3v) is 3.23. The number of halogens is 1. The molecule has 1 fully saturated rings. The monoisotopic (exact) mass is 264 g/mol. The van der Waals surface area contributed by atoms with Gasteiger partial charge in [0.15, 0.2) is 0 Å². The van der Waals surface area contributed by atoms with Crippen molar-refractivity contribution in [1.29, 1.82) is 0 Å². The first-order valence-corrected chi connectivity index (χ1v) is 6.40. The first-order valence-electron chi connectivity index (χ1n) is 6.40. The number of amides is 1. The number of nitrogens with zero attached hydrogens (tertiary/aromatic N) is 1. The molecule has 0 bridgehead atoms. The molecule has 19 heavy (non-hydrogen) atoms. The topological polar surface area (TPSA) is 49.4 Å². The quantitative estimate of drug-likeness (QED) is 0.842. The van der Waals surface area contributed by atoms with Gasteiger partial charge in [-0.2, -0.15) is 0 Å². The molecule has 5 heteroatoms. The molecule has 1 aromatic carbocycles. The van der Waals surface area contributed by atoms with Gasteiger partial charge < -0.3 is 10.1 Å². The van der Waals surface area contributed by atoms with Crippen molar-refractivity contribution in [3.05, 3.63) is 30.1 Å². The number of hydrogen-bond donors (Lipinski definition) is 1. The van der Waals surface area contributed by atoms with Gasteiger partial charge in [0.05, 0.1) is 6.54 Å². The Labute approximate surface area is 111 Å². The number of rotatable bonds is 4. The molecule has 1 heterocycles. The van der Waals surface area contributed by atoms with Crippen molar-refractivity contribution in [3.8, 4) is 0 Å². The summed E-state index contributed by atoms with van der Waals surface area (Å²) in [5.41, 5.74) is 0.579. The fourth-order valence-corrected chi connectivity index (χ4v) is 2.28. The number of anilines is 1. The Morgan fingerprint density at radius 1 is 1.42 bits per heavy atom. The predicted octanol–water partition coefficient (Wildman–Crippen LogP) is 1.68. The van der Waals surface area contributed by atoms with Crippen LogP contribution in [0.15, 0.2) is 24.3 Å². The number of carbonyl (C=O) groups is 2. The molecule has 1 unspecified atom stereocenters. The van der Waals surface area contributed by atoms with Gasteiger partial charge in [-0.3, -0.25) is 9.69 Å². The zero-order chi connectivity index (χ0) is 13.7. The molecule has 2 rings (SSSR count). The molecule has 1 aromatic rings. The second kappa shape index (κ2) is 6.43. The highest BCUT2D eigenvalue weighted by molar-refractivity contribution is 5.92. The van der Waals surface area contributed by atoms with Crippen molar-refractivity contribution < 1.29 is 14.0 Å². The number of hydrogen-bond acceptors (Lipinski definition) is 3. The summed E-state index contributed by atoms with van der Waals surface area (Å²) in [6.45, 7) is 1.74. The Morgan fingerprint density at radius 2 is 2.16 bits per heavy atom. The average Bonchev–Trinajstić information content (AvgIpc) is 2.41. The van der Waals surface area contributed by atoms with Crippen molar-refractivity contribution in [2.24, 2.45) is 5.92 Å². The molecule has 1 aliphatic rings. The Bertz CT molecular complexity index is 447. The van der Waals surface area contributed by atoms with E-state index in [0.717, 1.165) is 25.7 Å². The Kier molecular flexibility index (Phi) is 4.63. The molecule has 0 aliphatic carbocycles. The van der Waals surface area contributed by atoms with Crippen molar-refractivity contribution in [2.75, 3.05) is 25.0 Å². The molecule has 0 radical (unpaired) electrons. The van der Waals surface area contributed by atoms with Crippen LogP contribution in [0.3, 0.4) is 0 Å². The standard InChI is InChI=1S/C14H17FN2O2/c15-12-3-5-13(6-4-12)16-14(19)9-17-7-1-2-11(8-17)10-18/h3-6,10-11H,1-2,7-9H2,(H,16,19). The second-order valence-corrected chi connectivity index (χ2v) is 4.83. The van der Waals surface area contributed by atoms with E-state index in [-0.39, 0.29) is 24.2 Å². The molecule has 102 valence electrons. The summed E-state index contributed by atoms with van der Waals surface area (Å²) in [6, 6.07) is 5.66. The van der Waals surface area contributed by atoms with Gasteiger partial charge in [-0.15, -0.1) is 0 Å². The maximum Gasteiger partial charge on any atom is 0.238 e. The van der Waals surface area contributed by atoms with E-state index in [2.05, 4.69) is 5.32 Å². The Morgan fingerprint density at radius 3 is 2.84 bits per heavy atom. The number of nitrogens with one attached hydrogen (secondary N) is 1. The van der Waals surface area contributed by atoms with Crippen LogP contribution in [0.5, 0.6) is 0 Å². The Hall–Kier alpha value is -1.75. The first-order chi connectivity index (χ1) is 9.17. The van der Waals surface area contributed by atoms with Gasteiger partial charge in [0, 0.05) is 18.2 Å². The summed E-state index contributed by atoms with van der Waals surface area (Å²) < 4.78 is 12.7. The van der Waals surface area contributed by atoms with E-state index in [1.807, 2.05) is 4.90 Å². The van der Waals surface area contributed by atoms with E-state index < -0.39 is 0 Å². The normalized spacial score (nSPS) is 19.9. The lowest BCUT2D eigenvalue weighted by Crippen LogP contribution is -2.40. The summed E-state index contributed by atoms with van der Waals surface area (Å²) in [5.74, 6) is -0.437. The van der Waals surface area contributed by atoms with Crippen LogP contribution in [0.1, 0.15) is 12.8 Å². The van der Waals surface area contributed by atoms with Gasteiger partial charge in [0.2, 0.25) is 5.91 Å². The van der Waals surface area contributed by atoms with E-state index in [9.17, 15) is 14.0 Å². The molecule has 0 spiro atoms. The number of benzene rings is 1. The Balaban J connectivity index is 1.83. The van der Waals surface area contributed by atoms with Crippen molar-refractivity contribution in [1.82, 2.24) is 4.90 Å². The minimum absolute atomic E-state index is 0.0346. The van der Waals surface area contributed by atoms with E-state index in [1.54, 1.807) is 0 Å². The fraction of sp³-hybridized carbons (Fsp3) is 0.429. The molecule has 1 N–H and O–H groups in total. The fourth-order valence-electron chi connectivity index (χ4n) is 2.28. The molecular formula is C14H17FN2O2. The molecule has 0 aromatic heterocycles. The van der Waals surface area contributed by atoms with Crippen LogP contribution < -0.4 is 5.32 Å². The maximum atomic E-state index is 12.7. The summed E-state index contributed by atoms with van der Waals surface area (Å²) in [5, 5.41) is 2.71. The molecule has 1 atom stereocenters. The van der Waals surface area contributed by atoms with Crippen LogP contribution in [-0.2, 0) is 9.59 Å². The second-order valence-electron chi connectivity index (χ2n) is 4.83. The maximum absolute atomic E-state index is 12.7. The highest BCUT2D eigenvalue weighted by atomic mass is 19.1. The van der Waals surface area contributed by atoms with Gasteiger partial charge in [-0.05, 0) is 43.7 Å². The summed E-state index contributed by atoms with van der Waals surface area (Å²) >= 11 is 0. The smallest absolute Gasteiger partial charge is 0.238 e. The van der Waals surface area contributed by atoms with E-state index in [1.165, 1.54) is 24.3 Å². The minimum Gasteiger partial charge on any atom is -0.325 e. The summed E-state index contributed by atoms with van der Waals surface area (Å²) in [6.07, 6.45) is 2.80. The number of carbonyl (C=O) groups excluding carboxylic acids is 2. The molecule has 4 nitrogen and oxygen atoms in total. The van der Waals surface area contributed by atoms with Crippen LogP contribution in [0.4, 0.5) is 10.1 Å². The lowest BCUT2D eigenvalue weighted by atomic mass is 10.00. The minimum atomic E-state index is -0.331. The largest absolute Gasteiger partial charge is 0.325 e. The van der Waals surface area contributed by atoms with Gasteiger partial charge in [0.25, 0.3) is 0 Å². The number of likely N-dealkylation sites (tertiary alicyclic amines) is 1.